The van der Waals surface area contributed by atoms with Gasteiger partial charge in [0.25, 0.3) is 0 Å². The highest BCUT2D eigenvalue weighted by molar-refractivity contribution is 14.0. The largest absolute Gasteiger partial charge is 0.357 e. The molecule has 0 bridgehead atoms. The van der Waals surface area contributed by atoms with E-state index < -0.39 is 0 Å². The molecule has 0 aliphatic carbocycles. The van der Waals surface area contributed by atoms with Crippen molar-refractivity contribution >= 4 is 41.3 Å². The number of piperidine rings is 1. The molecule has 2 rings (SSSR count). The number of thiophene rings is 1. The van der Waals surface area contributed by atoms with Crippen LogP contribution in [0.2, 0.25) is 0 Å². The highest BCUT2D eigenvalue weighted by atomic mass is 127. The van der Waals surface area contributed by atoms with Crippen LogP contribution in [0.1, 0.15) is 38.0 Å². The minimum atomic E-state index is 0. The van der Waals surface area contributed by atoms with Gasteiger partial charge in [-0.1, -0.05) is 12.5 Å². The molecule has 2 heterocycles. The SMILES string of the molecule is CCNC(=NCCN1CCCCC1C)NCCc1cccs1.I. The van der Waals surface area contributed by atoms with E-state index in [0.29, 0.717) is 0 Å². The Morgan fingerprint density at radius 3 is 2.96 bits per heavy atom. The minimum absolute atomic E-state index is 0. The van der Waals surface area contributed by atoms with Crippen LogP contribution in [0.5, 0.6) is 0 Å². The number of nitrogens with zero attached hydrogens (tertiary/aromatic N) is 2. The maximum Gasteiger partial charge on any atom is 0.191 e. The van der Waals surface area contributed by atoms with E-state index in [4.69, 9.17) is 4.99 Å². The van der Waals surface area contributed by atoms with Crippen molar-refractivity contribution in [2.24, 2.45) is 4.99 Å². The maximum atomic E-state index is 4.72. The van der Waals surface area contributed by atoms with Crippen LogP contribution in [0.3, 0.4) is 0 Å². The first-order valence-electron chi connectivity index (χ1n) is 8.58. The summed E-state index contributed by atoms with van der Waals surface area (Å²) in [5.41, 5.74) is 0. The Bertz CT molecular complexity index is 436. The van der Waals surface area contributed by atoms with Crippen molar-refractivity contribution in [2.75, 3.05) is 32.7 Å². The molecular weight excluding hydrogens is 419 g/mol. The molecule has 0 spiro atoms. The van der Waals surface area contributed by atoms with Gasteiger partial charge in [-0.3, -0.25) is 9.89 Å². The third-order valence-electron chi connectivity index (χ3n) is 4.19. The first-order valence-corrected chi connectivity index (χ1v) is 9.46. The Labute approximate surface area is 162 Å². The van der Waals surface area contributed by atoms with Gasteiger partial charge in [-0.25, -0.2) is 0 Å². The quantitative estimate of drug-likeness (QED) is 0.380. The van der Waals surface area contributed by atoms with Crippen LogP contribution in [-0.2, 0) is 6.42 Å². The van der Waals surface area contributed by atoms with Crippen LogP contribution >= 0.6 is 35.3 Å². The number of likely N-dealkylation sites (tertiary alicyclic amines) is 1. The van der Waals surface area contributed by atoms with Crippen LogP contribution in [-0.4, -0.2) is 49.6 Å². The van der Waals surface area contributed by atoms with Crippen LogP contribution in [0, 0.1) is 0 Å². The minimum Gasteiger partial charge on any atom is -0.357 e. The van der Waals surface area contributed by atoms with Crippen LogP contribution in [0.15, 0.2) is 22.5 Å². The molecule has 23 heavy (non-hydrogen) atoms. The number of guanidine groups is 1. The number of hydrogen-bond acceptors (Lipinski definition) is 3. The molecule has 1 aromatic heterocycles. The highest BCUT2D eigenvalue weighted by Crippen LogP contribution is 2.15. The number of halogens is 1. The van der Waals surface area contributed by atoms with Crippen molar-refractivity contribution in [2.45, 2.75) is 45.6 Å². The third kappa shape index (κ3) is 7.85. The van der Waals surface area contributed by atoms with Crippen molar-refractivity contribution < 1.29 is 0 Å². The van der Waals surface area contributed by atoms with Gasteiger partial charge in [-0.2, -0.15) is 0 Å². The van der Waals surface area contributed by atoms with Crippen LogP contribution in [0.25, 0.3) is 0 Å². The Hall–Kier alpha value is -0.340. The number of hydrogen-bond donors (Lipinski definition) is 2. The molecule has 1 saturated heterocycles. The average molecular weight is 450 g/mol. The Morgan fingerprint density at radius 2 is 2.26 bits per heavy atom. The van der Waals surface area contributed by atoms with E-state index in [9.17, 15) is 0 Å². The summed E-state index contributed by atoms with van der Waals surface area (Å²) in [6.45, 7) is 9.48. The summed E-state index contributed by atoms with van der Waals surface area (Å²) in [5.74, 6) is 0.948. The van der Waals surface area contributed by atoms with E-state index in [0.717, 1.165) is 44.6 Å². The molecule has 0 saturated carbocycles. The van der Waals surface area contributed by atoms with Crippen molar-refractivity contribution in [3.8, 4) is 0 Å². The van der Waals surface area contributed by atoms with Crippen molar-refractivity contribution in [1.29, 1.82) is 0 Å². The van der Waals surface area contributed by atoms with Gasteiger partial charge in [0.05, 0.1) is 6.54 Å². The van der Waals surface area contributed by atoms with E-state index in [1.807, 2.05) is 11.3 Å². The Kier molecular flexibility index (Phi) is 10.9. The van der Waals surface area contributed by atoms with E-state index >= 15 is 0 Å². The van der Waals surface area contributed by atoms with Gasteiger partial charge < -0.3 is 10.6 Å². The molecule has 2 N–H and O–H groups in total. The summed E-state index contributed by atoms with van der Waals surface area (Å²) in [6.07, 6.45) is 5.12. The van der Waals surface area contributed by atoms with Crippen molar-refractivity contribution in [3.05, 3.63) is 22.4 Å². The van der Waals surface area contributed by atoms with E-state index in [-0.39, 0.29) is 24.0 Å². The Morgan fingerprint density at radius 1 is 1.39 bits per heavy atom. The molecule has 1 unspecified atom stereocenters. The molecule has 1 aliphatic heterocycles. The van der Waals surface area contributed by atoms with Gasteiger partial charge in [0.1, 0.15) is 0 Å². The molecule has 1 aliphatic rings. The molecule has 6 heteroatoms. The zero-order valence-corrected chi connectivity index (χ0v) is 17.5. The molecule has 132 valence electrons. The lowest BCUT2D eigenvalue weighted by Crippen LogP contribution is -2.41. The highest BCUT2D eigenvalue weighted by Gasteiger charge is 2.17. The third-order valence-corrected chi connectivity index (χ3v) is 5.12. The molecule has 1 aromatic rings. The van der Waals surface area contributed by atoms with Gasteiger partial charge in [0.2, 0.25) is 0 Å². The Balaban J connectivity index is 0.00000264. The van der Waals surface area contributed by atoms with Gasteiger partial charge in [-0.05, 0) is 51.1 Å². The fourth-order valence-electron chi connectivity index (χ4n) is 2.88. The van der Waals surface area contributed by atoms with Crippen LogP contribution in [0.4, 0.5) is 0 Å². The van der Waals surface area contributed by atoms with Gasteiger partial charge in [-0.15, -0.1) is 35.3 Å². The summed E-state index contributed by atoms with van der Waals surface area (Å²) in [6, 6.07) is 5.02. The molecule has 1 fully saturated rings. The molecule has 0 radical (unpaired) electrons. The number of aliphatic imine (C=N–C) groups is 1. The first kappa shape index (κ1) is 20.7. The lowest BCUT2D eigenvalue weighted by Gasteiger charge is -2.32. The summed E-state index contributed by atoms with van der Waals surface area (Å²) in [5, 5.41) is 8.90. The van der Waals surface area contributed by atoms with Gasteiger partial charge in [0, 0.05) is 30.6 Å². The monoisotopic (exact) mass is 450 g/mol. The zero-order valence-electron chi connectivity index (χ0n) is 14.4. The number of rotatable bonds is 7. The molecule has 0 amide bonds. The molecule has 1 atom stereocenters. The second-order valence-electron chi connectivity index (χ2n) is 5.90. The van der Waals surface area contributed by atoms with E-state index in [1.165, 1.54) is 30.7 Å². The first-order chi connectivity index (χ1) is 10.8. The summed E-state index contributed by atoms with van der Waals surface area (Å²) < 4.78 is 0. The average Bonchev–Trinajstić information content (AvgIpc) is 3.02. The van der Waals surface area contributed by atoms with Crippen molar-refractivity contribution in [1.82, 2.24) is 15.5 Å². The second kappa shape index (κ2) is 12.1. The standard InChI is InChI=1S/C17H30N4S.HI/c1-3-18-17(19-10-9-16-8-6-14-22-16)20-11-13-21-12-5-4-7-15(21)2;/h6,8,14-15H,3-5,7,9-13H2,1-2H3,(H2,18,19,20);1H. The normalized spacial score (nSPS) is 19.2. The summed E-state index contributed by atoms with van der Waals surface area (Å²) >= 11 is 1.82. The van der Waals surface area contributed by atoms with E-state index in [2.05, 4.69) is 46.9 Å². The van der Waals surface area contributed by atoms with Crippen LogP contribution < -0.4 is 10.6 Å². The maximum absolute atomic E-state index is 4.72. The zero-order chi connectivity index (χ0) is 15.6. The summed E-state index contributed by atoms with van der Waals surface area (Å²) in [4.78, 5) is 8.71. The lowest BCUT2D eigenvalue weighted by molar-refractivity contribution is 0.166. The smallest absolute Gasteiger partial charge is 0.191 e. The fourth-order valence-corrected chi connectivity index (χ4v) is 3.59. The molecule has 0 aromatic carbocycles. The van der Waals surface area contributed by atoms with Gasteiger partial charge >= 0.3 is 0 Å². The molecule has 4 nitrogen and oxygen atoms in total. The predicted molar refractivity (Wildman–Crippen MR) is 112 cm³/mol. The predicted octanol–water partition coefficient (Wildman–Crippen LogP) is 3.34. The summed E-state index contributed by atoms with van der Waals surface area (Å²) in [7, 11) is 0. The number of nitrogens with one attached hydrogen (secondary N) is 2. The topological polar surface area (TPSA) is 39.7 Å². The van der Waals surface area contributed by atoms with Crippen molar-refractivity contribution in [3.63, 3.8) is 0 Å². The lowest BCUT2D eigenvalue weighted by atomic mass is 10.0. The molecular formula is C17H31IN4S. The second-order valence-corrected chi connectivity index (χ2v) is 6.93. The fraction of sp³-hybridized carbons (Fsp3) is 0.706. The van der Waals surface area contributed by atoms with E-state index in [1.54, 1.807) is 0 Å². The van der Waals surface area contributed by atoms with Gasteiger partial charge in [0.15, 0.2) is 5.96 Å².